The molecule has 4 aromatic rings. The van der Waals surface area contributed by atoms with Gasteiger partial charge in [-0.05, 0) is 35.7 Å². The number of amides is 1. The van der Waals surface area contributed by atoms with Crippen LogP contribution in [-0.2, 0) is 0 Å². The average Bonchev–Trinajstić information content (AvgIpc) is 3.13. The Morgan fingerprint density at radius 1 is 0.960 bits per heavy atom. The Hall–Kier alpha value is -3.47. The molecule has 0 aliphatic carbocycles. The molecular weight excluding hydrogens is 319 g/mol. The fourth-order valence-electron chi connectivity index (χ4n) is 2.65. The van der Waals surface area contributed by atoms with E-state index in [0.717, 1.165) is 10.8 Å². The standard InChI is InChI=1S/C20H13FN2O2/c21-15-10-8-14(9-11-15)19-12-18(23-25-19)20(24)22-17-7-3-5-13-4-1-2-6-16(13)17/h1-12H,(H,22,24). The van der Waals surface area contributed by atoms with Crippen molar-refractivity contribution in [2.75, 3.05) is 5.32 Å². The molecule has 122 valence electrons. The molecule has 1 amide bonds. The summed E-state index contributed by atoms with van der Waals surface area (Å²) < 4.78 is 18.2. The number of halogens is 1. The van der Waals surface area contributed by atoms with Gasteiger partial charge in [0, 0.05) is 22.7 Å². The Kier molecular flexibility index (Phi) is 3.74. The van der Waals surface area contributed by atoms with Crippen molar-refractivity contribution < 1.29 is 13.7 Å². The molecule has 1 heterocycles. The van der Waals surface area contributed by atoms with Gasteiger partial charge in [-0.2, -0.15) is 0 Å². The number of aromatic nitrogens is 1. The highest BCUT2D eigenvalue weighted by atomic mass is 19.1. The van der Waals surface area contributed by atoms with Crippen LogP contribution < -0.4 is 5.32 Å². The number of hydrogen-bond acceptors (Lipinski definition) is 3. The van der Waals surface area contributed by atoms with Gasteiger partial charge in [-0.1, -0.05) is 41.6 Å². The van der Waals surface area contributed by atoms with Gasteiger partial charge < -0.3 is 9.84 Å². The van der Waals surface area contributed by atoms with Crippen molar-refractivity contribution in [1.29, 1.82) is 0 Å². The Morgan fingerprint density at radius 2 is 1.72 bits per heavy atom. The fraction of sp³-hybridized carbons (Fsp3) is 0. The van der Waals surface area contributed by atoms with Crippen LogP contribution in [0, 0.1) is 5.82 Å². The van der Waals surface area contributed by atoms with Crippen LogP contribution in [0.3, 0.4) is 0 Å². The van der Waals surface area contributed by atoms with Gasteiger partial charge in [-0.15, -0.1) is 0 Å². The van der Waals surface area contributed by atoms with Crippen LogP contribution in [0.25, 0.3) is 22.1 Å². The zero-order valence-electron chi connectivity index (χ0n) is 13.1. The second-order valence-electron chi connectivity index (χ2n) is 5.56. The maximum atomic E-state index is 13.0. The summed E-state index contributed by atoms with van der Waals surface area (Å²) in [5.41, 5.74) is 1.51. The quantitative estimate of drug-likeness (QED) is 0.581. The molecule has 0 aliphatic heterocycles. The molecule has 3 aromatic carbocycles. The van der Waals surface area contributed by atoms with E-state index in [-0.39, 0.29) is 17.4 Å². The van der Waals surface area contributed by atoms with Gasteiger partial charge in [0.2, 0.25) is 0 Å². The topological polar surface area (TPSA) is 55.1 Å². The van der Waals surface area contributed by atoms with Crippen molar-refractivity contribution in [3.63, 3.8) is 0 Å². The molecule has 0 saturated carbocycles. The summed E-state index contributed by atoms with van der Waals surface area (Å²) in [6.07, 6.45) is 0. The number of fused-ring (bicyclic) bond motifs is 1. The van der Waals surface area contributed by atoms with Crippen LogP contribution in [0.4, 0.5) is 10.1 Å². The van der Waals surface area contributed by atoms with Crippen LogP contribution in [0.1, 0.15) is 10.5 Å². The van der Waals surface area contributed by atoms with Crippen LogP contribution in [0.5, 0.6) is 0 Å². The SMILES string of the molecule is O=C(Nc1cccc2ccccc12)c1cc(-c2ccc(F)cc2)on1. The first-order chi connectivity index (χ1) is 12.2. The van der Waals surface area contributed by atoms with E-state index < -0.39 is 0 Å². The van der Waals surface area contributed by atoms with E-state index in [9.17, 15) is 9.18 Å². The molecule has 0 radical (unpaired) electrons. The zero-order chi connectivity index (χ0) is 17.2. The van der Waals surface area contributed by atoms with Crippen molar-refractivity contribution in [3.8, 4) is 11.3 Å². The molecule has 0 atom stereocenters. The third kappa shape index (κ3) is 2.99. The van der Waals surface area contributed by atoms with Crippen molar-refractivity contribution in [1.82, 2.24) is 5.16 Å². The molecule has 1 aromatic heterocycles. The van der Waals surface area contributed by atoms with Crippen molar-refractivity contribution in [2.24, 2.45) is 0 Å². The summed E-state index contributed by atoms with van der Waals surface area (Å²) in [6.45, 7) is 0. The molecule has 5 heteroatoms. The number of benzene rings is 3. The van der Waals surface area contributed by atoms with Gasteiger partial charge in [-0.25, -0.2) is 4.39 Å². The van der Waals surface area contributed by atoms with Crippen molar-refractivity contribution >= 4 is 22.4 Å². The molecule has 0 bridgehead atoms. The monoisotopic (exact) mass is 332 g/mol. The van der Waals surface area contributed by atoms with E-state index in [0.29, 0.717) is 17.0 Å². The Balaban J connectivity index is 1.60. The van der Waals surface area contributed by atoms with Gasteiger partial charge in [0.25, 0.3) is 5.91 Å². The highest BCUT2D eigenvalue weighted by Crippen LogP contribution is 2.25. The smallest absolute Gasteiger partial charge is 0.277 e. The van der Waals surface area contributed by atoms with Crippen molar-refractivity contribution in [2.45, 2.75) is 0 Å². The lowest BCUT2D eigenvalue weighted by molar-refractivity contribution is 0.101. The van der Waals surface area contributed by atoms with E-state index in [1.807, 2.05) is 42.5 Å². The van der Waals surface area contributed by atoms with Gasteiger partial charge in [0.05, 0.1) is 0 Å². The van der Waals surface area contributed by atoms with E-state index in [1.54, 1.807) is 12.1 Å². The molecule has 0 saturated heterocycles. The summed E-state index contributed by atoms with van der Waals surface area (Å²) in [6, 6.07) is 20.8. The minimum absolute atomic E-state index is 0.159. The van der Waals surface area contributed by atoms with Gasteiger partial charge in [0.1, 0.15) is 5.82 Å². The lowest BCUT2D eigenvalue weighted by Gasteiger charge is -2.06. The first kappa shape index (κ1) is 15.1. The predicted molar refractivity (Wildman–Crippen MR) is 93.8 cm³/mol. The molecule has 25 heavy (non-hydrogen) atoms. The average molecular weight is 332 g/mol. The third-order valence-corrected chi connectivity index (χ3v) is 3.91. The Morgan fingerprint density at radius 3 is 2.56 bits per heavy atom. The predicted octanol–water partition coefficient (Wildman–Crippen LogP) is 4.89. The second-order valence-corrected chi connectivity index (χ2v) is 5.56. The Bertz CT molecular complexity index is 1050. The summed E-state index contributed by atoms with van der Waals surface area (Å²) in [7, 11) is 0. The number of rotatable bonds is 3. The van der Waals surface area contributed by atoms with Crippen LogP contribution >= 0.6 is 0 Å². The minimum atomic E-state index is -0.367. The zero-order valence-corrected chi connectivity index (χ0v) is 13.1. The first-order valence-electron chi connectivity index (χ1n) is 7.72. The molecule has 0 aliphatic rings. The lowest BCUT2D eigenvalue weighted by Crippen LogP contribution is -2.12. The van der Waals surface area contributed by atoms with Gasteiger partial charge in [0.15, 0.2) is 11.5 Å². The molecule has 1 N–H and O–H groups in total. The highest BCUT2D eigenvalue weighted by Gasteiger charge is 2.15. The maximum absolute atomic E-state index is 13.0. The van der Waals surface area contributed by atoms with E-state index in [2.05, 4.69) is 10.5 Å². The van der Waals surface area contributed by atoms with Gasteiger partial charge >= 0.3 is 0 Å². The summed E-state index contributed by atoms with van der Waals surface area (Å²) in [5, 5.41) is 8.64. The summed E-state index contributed by atoms with van der Waals surface area (Å²) in [5.74, 6) is -0.297. The lowest BCUT2D eigenvalue weighted by atomic mass is 10.1. The normalized spacial score (nSPS) is 10.8. The third-order valence-electron chi connectivity index (χ3n) is 3.91. The van der Waals surface area contributed by atoms with Crippen molar-refractivity contribution in [3.05, 3.63) is 84.3 Å². The number of carbonyl (C=O) groups is 1. The Labute approximate surface area is 142 Å². The first-order valence-corrected chi connectivity index (χ1v) is 7.72. The van der Waals surface area contributed by atoms with E-state index in [4.69, 9.17) is 4.52 Å². The van der Waals surface area contributed by atoms with E-state index >= 15 is 0 Å². The molecule has 4 rings (SSSR count). The van der Waals surface area contributed by atoms with E-state index in [1.165, 1.54) is 18.2 Å². The summed E-state index contributed by atoms with van der Waals surface area (Å²) in [4.78, 5) is 12.5. The highest BCUT2D eigenvalue weighted by molar-refractivity contribution is 6.08. The van der Waals surface area contributed by atoms with Gasteiger partial charge in [-0.3, -0.25) is 4.79 Å². The fourth-order valence-corrected chi connectivity index (χ4v) is 2.65. The molecule has 0 fully saturated rings. The summed E-state index contributed by atoms with van der Waals surface area (Å²) >= 11 is 0. The number of anilines is 1. The van der Waals surface area contributed by atoms with Crippen LogP contribution in [0.2, 0.25) is 0 Å². The number of nitrogens with zero attached hydrogens (tertiary/aromatic N) is 1. The minimum Gasteiger partial charge on any atom is -0.355 e. The second kappa shape index (κ2) is 6.20. The number of nitrogens with one attached hydrogen (secondary N) is 1. The molecule has 0 unspecified atom stereocenters. The van der Waals surface area contributed by atoms with Crippen LogP contribution in [0.15, 0.2) is 77.3 Å². The number of hydrogen-bond donors (Lipinski definition) is 1. The molecule has 4 nitrogen and oxygen atoms in total. The number of carbonyl (C=O) groups excluding carboxylic acids is 1. The maximum Gasteiger partial charge on any atom is 0.277 e. The molecule has 0 spiro atoms. The van der Waals surface area contributed by atoms with Crippen LogP contribution in [-0.4, -0.2) is 11.1 Å². The largest absolute Gasteiger partial charge is 0.355 e. The molecular formula is C20H13FN2O2.